The molecule has 0 unspecified atom stereocenters. The van der Waals surface area contributed by atoms with Gasteiger partial charge < -0.3 is 25.4 Å². The smallest absolute Gasteiger partial charge is 0.409 e. The number of phenols is 1. The van der Waals surface area contributed by atoms with Gasteiger partial charge in [-0.25, -0.2) is 9.78 Å². The molecule has 1 aliphatic rings. The molecule has 1 saturated heterocycles. The molecule has 34 heavy (non-hydrogen) atoms. The van der Waals surface area contributed by atoms with Crippen molar-refractivity contribution < 1.29 is 19.4 Å². The number of likely N-dealkylation sites (tertiary alicyclic amines) is 1. The van der Waals surface area contributed by atoms with Gasteiger partial charge in [0.1, 0.15) is 11.6 Å². The first kappa shape index (κ1) is 23.0. The van der Waals surface area contributed by atoms with Crippen LogP contribution in [0.1, 0.15) is 30.1 Å². The third-order valence-corrected chi connectivity index (χ3v) is 5.57. The van der Waals surface area contributed by atoms with E-state index in [2.05, 4.69) is 20.6 Å². The Labute approximate surface area is 197 Å². The Balaban J connectivity index is 1.32. The maximum atomic E-state index is 12.6. The summed E-state index contributed by atoms with van der Waals surface area (Å²) in [6.45, 7) is 3.28. The summed E-state index contributed by atoms with van der Waals surface area (Å²) in [4.78, 5) is 34.9. The van der Waals surface area contributed by atoms with Crippen LogP contribution in [0.25, 0.3) is 11.3 Å². The van der Waals surface area contributed by atoms with Crippen LogP contribution >= 0.6 is 0 Å². The van der Waals surface area contributed by atoms with E-state index in [1.807, 2.05) is 12.1 Å². The summed E-state index contributed by atoms with van der Waals surface area (Å²) in [6, 6.07) is 13.9. The zero-order valence-electron chi connectivity index (χ0n) is 18.9. The molecule has 3 aromatic rings. The van der Waals surface area contributed by atoms with Crippen LogP contribution in [0.15, 0.2) is 60.9 Å². The highest BCUT2D eigenvalue weighted by molar-refractivity contribution is 5.94. The van der Waals surface area contributed by atoms with E-state index >= 15 is 0 Å². The number of piperidine rings is 1. The Kier molecular flexibility index (Phi) is 7.22. The second-order valence-electron chi connectivity index (χ2n) is 7.97. The first-order valence-corrected chi connectivity index (χ1v) is 11.2. The summed E-state index contributed by atoms with van der Waals surface area (Å²) in [7, 11) is 0. The van der Waals surface area contributed by atoms with Crippen molar-refractivity contribution in [3.8, 4) is 17.0 Å². The molecule has 0 spiro atoms. The molecule has 2 heterocycles. The van der Waals surface area contributed by atoms with Gasteiger partial charge in [-0.3, -0.25) is 9.78 Å². The summed E-state index contributed by atoms with van der Waals surface area (Å²) in [5.41, 5.74) is 2.85. The van der Waals surface area contributed by atoms with Crippen LogP contribution in [0.3, 0.4) is 0 Å². The van der Waals surface area contributed by atoms with Gasteiger partial charge in [-0.1, -0.05) is 0 Å². The third-order valence-electron chi connectivity index (χ3n) is 5.57. The third kappa shape index (κ3) is 5.80. The van der Waals surface area contributed by atoms with E-state index in [1.54, 1.807) is 60.6 Å². The first-order valence-electron chi connectivity index (χ1n) is 11.2. The van der Waals surface area contributed by atoms with Gasteiger partial charge in [0.2, 0.25) is 0 Å². The largest absolute Gasteiger partial charge is 0.508 e. The van der Waals surface area contributed by atoms with Crippen LogP contribution in [0.5, 0.6) is 5.75 Å². The molecule has 1 aromatic heterocycles. The maximum Gasteiger partial charge on any atom is 0.409 e. The molecule has 0 radical (unpaired) electrons. The minimum absolute atomic E-state index is 0.0221. The second kappa shape index (κ2) is 10.7. The number of rotatable bonds is 6. The van der Waals surface area contributed by atoms with Crippen LogP contribution < -0.4 is 10.6 Å². The Morgan fingerprint density at radius 2 is 1.76 bits per heavy atom. The number of aromatic hydroxyl groups is 1. The molecule has 1 fully saturated rings. The van der Waals surface area contributed by atoms with E-state index in [0.29, 0.717) is 49.6 Å². The highest BCUT2D eigenvalue weighted by Gasteiger charge is 2.24. The topological polar surface area (TPSA) is 117 Å². The molecule has 0 aliphatic carbocycles. The molecule has 9 heteroatoms. The van der Waals surface area contributed by atoms with Gasteiger partial charge in [0.15, 0.2) is 0 Å². The molecule has 1 aliphatic heterocycles. The Morgan fingerprint density at radius 3 is 2.44 bits per heavy atom. The first-order chi connectivity index (χ1) is 16.5. The van der Waals surface area contributed by atoms with E-state index in [4.69, 9.17) is 4.74 Å². The minimum atomic E-state index is -0.298. The number of hydrogen-bond acceptors (Lipinski definition) is 7. The zero-order chi connectivity index (χ0) is 23.9. The lowest BCUT2D eigenvalue weighted by molar-refractivity contribution is 0.0860. The number of aromatic nitrogens is 2. The fourth-order valence-corrected chi connectivity index (χ4v) is 3.74. The van der Waals surface area contributed by atoms with Crippen molar-refractivity contribution in [1.29, 1.82) is 0 Å². The van der Waals surface area contributed by atoms with Gasteiger partial charge in [0, 0.05) is 35.9 Å². The van der Waals surface area contributed by atoms with Crippen LogP contribution in [-0.4, -0.2) is 57.7 Å². The van der Waals surface area contributed by atoms with Crippen LogP contribution in [0, 0.1) is 0 Å². The Hall–Kier alpha value is -4.14. The lowest BCUT2D eigenvalue weighted by atomic mass is 10.0. The standard InChI is InChI=1S/C25H27N5O4/c1-2-34-25(33)30-13-11-20(12-14-30)28-24(32)18-3-7-19(8-4-18)27-23-16-26-15-22(29-23)17-5-9-21(31)10-6-17/h3-10,15-16,20,31H,2,11-14H2,1H3,(H,27,29)(H,28,32). The lowest BCUT2D eigenvalue weighted by Crippen LogP contribution is -2.46. The molecule has 9 nitrogen and oxygen atoms in total. The van der Waals surface area contributed by atoms with Crippen LogP contribution in [0.4, 0.5) is 16.3 Å². The van der Waals surface area contributed by atoms with Crippen molar-refractivity contribution in [1.82, 2.24) is 20.2 Å². The highest BCUT2D eigenvalue weighted by Crippen LogP contribution is 2.22. The number of amides is 2. The van der Waals surface area contributed by atoms with Crippen molar-refractivity contribution in [3.63, 3.8) is 0 Å². The Morgan fingerprint density at radius 1 is 1.06 bits per heavy atom. The van der Waals surface area contributed by atoms with Gasteiger partial charge in [-0.05, 0) is 68.3 Å². The number of phenolic OH excluding ortho intramolecular Hbond substituents is 1. The van der Waals surface area contributed by atoms with Crippen LogP contribution in [-0.2, 0) is 4.74 Å². The molecular weight excluding hydrogens is 434 g/mol. The molecule has 0 atom stereocenters. The summed E-state index contributed by atoms with van der Waals surface area (Å²) in [6.07, 6.45) is 4.37. The summed E-state index contributed by atoms with van der Waals surface area (Å²) in [5, 5.41) is 15.7. The molecule has 3 N–H and O–H groups in total. The van der Waals surface area contributed by atoms with Crippen molar-refractivity contribution in [2.75, 3.05) is 25.0 Å². The molecular formula is C25H27N5O4. The van der Waals surface area contributed by atoms with E-state index in [-0.39, 0.29) is 23.8 Å². The van der Waals surface area contributed by atoms with E-state index in [0.717, 1.165) is 11.3 Å². The SMILES string of the molecule is CCOC(=O)N1CCC(NC(=O)c2ccc(Nc3cncc(-c4ccc(O)cc4)n3)cc2)CC1. The number of benzene rings is 2. The fraction of sp³-hybridized carbons (Fsp3) is 0.280. The molecule has 2 aromatic carbocycles. The summed E-state index contributed by atoms with van der Waals surface area (Å²) in [5.74, 6) is 0.614. The van der Waals surface area contributed by atoms with E-state index in [9.17, 15) is 14.7 Å². The number of nitrogens with one attached hydrogen (secondary N) is 2. The average Bonchev–Trinajstić information content (AvgIpc) is 2.86. The maximum absolute atomic E-state index is 12.6. The number of hydrogen-bond donors (Lipinski definition) is 3. The minimum Gasteiger partial charge on any atom is -0.508 e. The van der Waals surface area contributed by atoms with Gasteiger partial charge in [0.25, 0.3) is 5.91 Å². The highest BCUT2D eigenvalue weighted by atomic mass is 16.6. The number of carbonyl (C=O) groups is 2. The number of nitrogens with zero attached hydrogens (tertiary/aromatic N) is 3. The van der Waals surface area contributed by atoms with Gasteiger partial charge in [-0.15, -0.1) is 0 Å². The molecule has 2 amide bonds. The van der Waals surface area contributed by atoms with Crippen molar-refractivity contribution >= 4 is 23.5 Å². The van der Waals surface area contributed by atoms with Crippen molar-refractivity contribution in [2.45, 2.75) is 25.8 Å². The van der Waals surface area contributed by atoms with Crippen molar-refractivity contribution in [2.24, 2.45) is 0 Å². The molecule has 4 rings (SSSR count). The van der Waals surface area contributed by atoms with E-state index in [1.165, 1.54) is 0 Å². The summed E-state index contributed by atoms with van der Waals surface area (Å²) >= 11 is 0. The Bertz CT molecular complexity index is 1130. The van der Waals surface area contributed by atoms with E-state index < -0.39 is 0 Å². The van der Waals surface area contributed by atoms with Gasteiger partial charge >= 0.3 is 6.09 Å². The molecule has 176 valence electrons. The molecule has 0 saturated carbocycles. The zero-order valence-corrected chi connectivity index (χ0v) is 18.9. The average molecular weight is 462 g/mol. The number of carbonyl (C=O) groups excluding carboxylic acids is 2. The quantitative estimate of drug-likeness (QED) is 0.509. The second-order valence-corrected chi connectivity index (χ2v) is 7.97. The predicted molar refractivity (Wildman–Crippen MR) is 128 cm³/mol. The number of ether oxygens (including phenoxy) is 1. The van der Waals surface area contributed by atoms with Crippen molar-refractivity contribution in [3.05, 3.63) is 66.5 Å². The summed E-state index contributed by atoms with van der Waals surface area (Å²) < 4.78 is 5.03. The fourth-order valence-electron chi connectivity index (χ4n) is 3.74. The van der Waals surface area contributed by atoms with Crippen LogP contribution in [0.2, 0.25) is 0 Å². The number of anilines is 2. The predicted octanol–water partition coefficient (Wildman–Crippen LogP) is 3.94. The van der Waals surface area contributed by atoms with Gasteiger partial charge in [0.05, 0.1) is 24.7 Å². The lowest BCUT2D eigenvalue weighted by Gasteiger charge is -2.31. The normalized spacial score (nSPS) is 13.9. The molecule has 0 bridgehead atoms. The van der Waals surface area contributed by atoms with Gasteiger partial charge in [-0.2, -0.15) is 0 Å². The monoisotopic (exact) mass is 461 g/mol.